The van der Waals surface area contributed by atoms with E-state index in [1.165, 1.54) is 0 Å². The van der Waals surface area contributed by atoms with E-state index in [4.69, 9.17) is 27.4 Å². The predicted octanol–water partition coefficient (Wildman–Crippen LogP) is -3.02. The Bertz CT molecular complexity index is 837. The molecule has 210 valence electrons. The zero-order chi connectivity index (χ0) is 28.5. The molecule has 0 saturated heterocycles. The van der Waals surface area contributed by atoms with Crippen molar-refractivity contribution in [3.8, 4) is 0 Å². The first-order valence-corrected chi connectivity index (χ1v) is 11.6. The lowest BCUT2D eigenvalue weighted by atomic mass is 10.0. The van der Waals surface area contributed by atoms with E-state index in [0.29, 0.717) is 19.4 Å². The first-order chi connectivity index (χ1) is 17.3. The van der Waals surface area contributed by atoms with Gasteiger partial charge in [-0.25, -0.2) is 4.79 Å². The number of hydrogen-bond donors (Lipinski definition) is 9. The summed E-state index contributed by atoms with van der Waals surface area (Å²) >= 11 is 0. The molecular formula is C21H36N6O10. The molecule has 0 aliphatic carbocycles. The molecule has 16 heteroatoms. The monoisotopic (exact) mass is 532 g/mol. The number of nitrogens with one attached hydrogen (secondary N) is 3. The number of aliphatic carboxylic acids is 3. The first-order valence-electron chi connectivity index (χ1n) is 11.6. The summed E-state index contributed by atoms with van der Waals surface area (Å²) in [5.41, 5.74) is 16.2. The van der Waals surface area contributed by atoms with Crippen molar-refractivity contribution in [2.24, 2.45) is 17.2 Å². The van der Waals surface area contributed by atoms with Crippen LogP contribution in [0.4, 0.5) is 0 Å². The summed E-state index contributed by atoms with van der Waals surface area (Å²) in [4.78, 5) is 82.3. The minimum Gasteiger partial charge on any atom is -0.481 e. The Labute approximate surface area is 212 Å². The quantitative estimate of drug-likeness (QED) is 0.0708. The second-order valence-corrected chi connectivity index (χ2v) is 8.28. The summed E-state index contributed by atoms with van der Waals surface area (Å²) in [6.07, 6.45) is -1.25. The Morgan fingerprint density at radius 2 is 1.08 bits per heavy atom. The van der Waals surface area contributed by atoms with E-state index in [2.05, 4.69) is 16.0 Å². The first kappa shape index (κ1) is 33.2. The van der Waals surface area contributed by atoms with E-state index in [0.717, 1.165) is 0 Å². The van der Waals surface area contributed by atoms with Gasteiger partial charge in [-0.05, 0) is 45.1 Å². The summed E-state index contributed by atoms with van der Waals surface area (Å²) in [5.74, 6) is -7.41. The van der Waals surface area contributed by atoms with Gasteiger partial charge in [0, 0.05) is 19.3 Å². The lowest BCUT2D eigenvalue weighted by molar-refractivity contribution is -0.143. The summed E-state index contributed by atoms with van der Waals surface area (Å²) in [7, 11) is 0. The molecule has 0 bridgehead atoms. The second kappa shape index (κ2) is 17.6. The van der Waals surface area contributed by atoms with Gasteiger partial charge in [0.2, 0.25) is 23.6 Å². The smallest absolute Gasteiger partial charge is 0.326 e. The van der Waals surface area contributed by atoms with Crippen LogP contribution >= 0.6 is 0 Å². The van der Waals surface area contributed by atoms with Gasteiger partial charge in [0.15, 0.2) is 0 Å². The Balaban J connectivity index is 5.58. The van der Waals surface area contributed by atoms with E-state index in [-0.39, 0.29) is 32.1 Å². The van der Waals surface area contributed by atoms with Crippen LogP contribution in [0.2, 0.25) is 0 Å². The minimum atomic E-state index is -1.53. The van der Waals surface area contributed by atoms with Crippen LogP contribution in [-0.2, 0) is 33.6 Å². The van der Waals surface area contributed by atoms with Crippen LogP contribution in [0.25, 0.3) is 0 Å². The number of carbonyl (C=O) groups is 7. The highest BCUT2D eigenvalue weighted by molar-refractivity contribution is 5.94. The molecule has 0 aromatic rings. The van der Waals surface area contributed by atoms with Crippen LogP contribution in [0.3, 0.4) is 0 Å². The zero-order valence-corrected chi connectivity index (χ0v) is 20.3. The van der Waals surface area contributed by atoms with Gasteiger partial charge in [-0.15, -0.1) is 0 Å². The molecule has 4 amide bonds. The Kier molecular flexibility index (Phi) is 15.8. The topological polar surface area (TPSA) is 294 Å². The number of carboxylic acid groups (broad SMARTS) is 3. The molecule has 0 rings (SSSR count). The molecular weight excluding hydrogens is 496 g/mol. The van der Waals surface area contributed by atoms with E-state index in [1.54, 1.807) is 0 Å². The molecule has 0 heterocycles. The highest BCUT2D eigenvalue weighted by Gasteiger charge is 2.30. The van der Waals surface area contributed by atoms with Crippen LogP contribution in [-0.4, -0.2) is 87.6 Å². The zero-order valence-electron chi connectivity index (χ0n) is 20.3. The third kappa shape index (κ3) is 15.0. The molecule has 0 fully saturated rings. The fourth-order valence-corrected chi connectivity index (χ4v) is 3.08. The molecule has 0 aliphatic rings. The number of carboxylic acids is 3. The molecule has 0 spiro atoms. The van der Waals surface area contributed by atoms with E-state index < -0.39 is 78.5 Å². The molecule has 0 radical (unpaired) electrons. The highest BCUT2D eigenvalue weighted by atomic mass is 16.4. The van der Waals surface area contributed by atoms with Gasteiger partial charge in [-0.1, -0.05) is 0 Å². The minimum absolute atomic E-state index is 0.0735. The SMILES string of the molecule is NCCCCC(NC(=O)C(N)CCC(=O)O)C(=O)NC(CCC(=O)O)C(=O)NC(CCC(N)=O)C(=O)O. The van der Waals surface area contributed by atoms with Crippen LogP contribution in [0.1, 0.15) is 57.8 Å². The Hall–Kier alpha value is -3.79. The maximum Gasteiger partial charge on any atom is 0.326 e. The van der Waals surface area contributed by atoms with Gasteiger partial charge in [-0.3, -0.25) is 28.8 Å². The molecule has 16 nitrogen and oxygen atoms in total. The summed E-state index contributed by atoms with van der Waals surface area (Å²) in [6, 6.07) is -5.47. The number of unbranched alkanes of at least 4 members (excludes halogenated alkanes) is 1. The van der Waals surface area contributed by atoms with Gasteiger partial charge >= 0.3 is 17.9 Å². The third-order valence-corrected chi connectivity index (χ3v) is 5.16. The van der Waals surface area contributed by atoms with Crippen LogP contribution < -0.4 is 33.2 Å². The van der Waals surface area contributed by atoms with E-state index in [9.17, 15) is 38.7 Å². The van der Waals surface area contributed by atoms with E-state index in [1.807, 2.05) is 0 Å². The van der Waals surface area contributed by atoms with Crippen molar-refractivity contribution in [1.29, 1.82) is 0 Å². The Morgan fingerprint density at radius 3 is 1.57 bits per heavy atom. The van der Waals surface area contributed by atoms with Crippen LogP contribution in [0, 0.1) is 0 Å². The number of primary amides is 1. The normalized spacial score (nSPS) is 13.9. The third-order valence-electron chi connectivity index (χ3n) is 5.16. The second-order valence-electron chi connectivity index (χ2n) is 8.28. The number of rotatable bonds is 20. The van der Waals surface area contributed by atoms with Gasteiger partial charge in [-0.2, -0.15) is 0 Å². The predicted molar refractivity (Wildman–Crippen MR) is 126 cm³/mol. The number of hydrogen-bond acceptors (Lipinski definition) is 9. The molecule has 4 atom stereocenters. The van der Waals surface area contributed by atoms with Crippen LogP contribution in [0.15, 0.2) is 0 Å². The molecule has 4 unspecified atom stereocenters. The Morgan fingerprint density at radius 1 is 0.622 bits per heavy atom. The molecule has 0 aliphatic heterocycles. The molecule has 0 saturated carbocycles. The standard InChI is InChI=1S/C21H36N6O10/c22-10-2-1-3-12(25-18(33)11(23)4-8-16(29)30)19(34)26-13(6-9-17(31)32)20(35)27-14(21(36)37)5-7-15(24)28/h11-14H,1-10,22-23H2,(H2,24,28)(H,25,33)(H,26,34)(H,27,35)(H,29,30)(H,31,32)(H,36,37). The van der Waals surface area contributed by atoms with Crippen molar-refractivity contribution < 1.29 is 48.9 Å². The van der Waals surface area contributed by atoms with Crippen molar-refractivity contribution in [3.63, 3.8) is 0 Å². The largest absolute Gasteiger partial charge is 0.481 e. The van der Waals surface area contributed by atoms with E-state index >= 15 is 0 Å². The van der Waals surface area contributed by atoms with Crippen molar-refractivity contribution >= 4 is 41.5 Å². The fourth-order valence-electron chi connectivity index (χ4n) is 3.08. The van der Waals surface area contributed by atoms with Gasteiger partial charge in [0.25, 0.3) is 0 Å². The summed E-state index contributed by atoms with van der Waals surface area (Å²) in [5, 5.41) is 33.9. The average molecular weight is 533 g/mol. The summed E-state index contributed by atoms with van der Waals surface area (Å²) < 4.78 is 0. The van der Waals surface area contributed by atoms with Gasteiger partial charge in [0.05, 0.1) is 6.04 Å². The highest BCUT2D eigenvalue weighted by Crippen LogP contribution is 2.07. The van der Waals surface area contributed by atoms with Gasteiger partial charge in [0.1, 0.15) is 18.1 Å². The van der Waals surface area contributed by atoms with Gasteiger partial charge < -0.3 is 48.5 Å². The number of nitrogens with two attached hydrogens (primary N) is 3. The lowest BCUT2D eigenvalue weighted by Gasteiger charge is -2.25. The average Bonchev–Trinajstić information content (AvgIpc) is 2.81. The molecule has 37 heavy (non-hydrogen) atoms. The lowest BCUT2D eigenvalue weighted by Crippen LogP contribution is -2.57. The van der Waals surface area contributed by atoms with Crippen molar-refractivity contribution in [3.05, 3.63) is 0 Å². The summed E-state index contributed by atoms with van der Waals surface area (Å²) in [6.45, 7) is 0.298. The number of carbonyl (C=O) groups excluding carboxylic acids is 4. The van der Waals surface area contributed by atoms with Crippen molar-refractivity contribution in [2.45, 2.75) is 82.0 Å². The molecule has 0 aromatic heterocycles. The molecule has 0 aromatic carbocycles. The maximum absolute atomic E-state index is 13.0. The fraction of sp³-hybridized carbons (Fsp3) is 0.667. The van der Waals surface area contributed by atoms with Crippen molar-refractivity contribution in [2.75, 3.05) is 6.54 Å². The number of amides is 4. The van der Waals surface area contributed by atoms with Crippen LogP contribution in [0.5, 0.6) is 0 Å². The molecule has 12 N–H and O–H groups in total. The maximum atomic E-state index is 13.0. The van der Waals surface area contributed by atoms with Crippen molar-refractivity contribution in [1.82, 2.24) is 16.0 Å².